The Morgan fingerprint density at radius 1 is 1.20 bits per heavy atom. The molecule has 2 heterocycles. The average Bonchev–Trinajstić information content (AvgIpc) is 2.89. The smallest absolute Gasteiger partial charge is 0.248 e. The Balaban J connectivity index is 1.55. The molecule has 0 bridgehead atoms. The van der Waals surface area contributed by atoms with Crippen molar-refractivity contribution in [1.29, 1.82) is 0 Å². The molecule has 1 amide bonds. The van der Waals surface area contributed by atoms with Gasteiger partial charge in [-0.3, -0.25) is 9.69 Å². The number of fused-ring (bicyclic) bond motifs is 1. The lowest BCUT2D eigenvalue weighted by atomic mass is 9.99. The first-order valence-corrected chi connectivity index (χ1v) is 7.60. The van der Waals surface area contributed by atoms with Crippen LogP contribution in [0, 0.1) is 0 Å². The number of hydrogen-bond donors (Lipinski definition) is 2. The van der Waals surface area contributed by atoms with E-state index in [9.17, 15) is 4.79 Å². The van der Waals surface area contributed by atoms with Crippen LogP contribution < -0.4 is 11.1 Å². The van der Waals surface area contributed by atoms with Crippen LogP contribution in [0.1, 0.15) is 41.6 Å². The molecule has 0 spiro atoms. The number of nitrogens with one attached hydrogen (secondary N) is 1. The van der Waals surface area contributed by atoms with E-state index in [1.807, 2.05) is 12.1 Å². The molecule has 2 aliphatic rings. The number of carbonyl (C=O) groups excluding carboxylic acids is 1. The highest BCUT2D eigenvalue weighted by Gasteiger charge is 2.34. The third-order valence-electron chi connectivity index (χ3n) is 4.66. The van der Waals surface area contributed by atoms with Crippen molar-refractivity contribution in [3.8, 4) is 0 Å². The molecule has 2 unspecified atom stereocenters. The third kappa shape index (κ3) is 2.86. The molecule has 1 aromatic rings. The Hall–Kier alpha value is -1.39. The summed E-state index contributed by atoms with van der Waals surface area (Å²) in [6, 6.07) is 8.93. The Bertz CT molecular complexity index is 471. The average molecular weight is 273 g/mol. The van der Waals surface area contributed by atoms with E-state index >= 15 is 0 Å². The third-order valence-corrected chi connectivity index (χ3v) is 4.66. The summed E-state index contributed by atoms with van der Waals surface area (Å²) in [5.41, 5.74) is 7.04. The number of primary amides is 1. The van der Waals surface area contributed by atoms with Gasteiger partial charge in [0, 0.05) is 30.7 Å². The number of piperidine rings is 1. The van der Waals surface area contributed by atoms with Gasteiger partial charge in [-0.15, -0.1) is 0 Å². The molecule has 2 fully saturated rings. The Morgan fingerprint density at radius 3 is 2.75 bits per heavy atom. The number of nitrogens with two attached hydrogens (primary N) is 1. The SMILES string of the molecule is NC(=O)c1ccc(CNC2CCN3CCCCC23)cc1. The zero-order valence-corrected chi connectivity index (χ0v) is 11.8. The minimum Gasteiger partial charge on any atom is -0.366 e. The molecule has 2 aliphatic heterocycles. The monoisotopic (exact) mass is 273 g/mol. The molecule has 4 nitrogen and oxygen atoms in total. The maximum Gasteiger partial charge on any atom is 0.248 e. The normalized spacial score (nSPS) is 26.4. The predicted molar refractivity (Wildman–Crippen MR) is 79.4 cm³/mol. The maximum atomic E-state index is 11.0. The van der Waals surface area contributed by atoms with Gasteiger partial charge in [-0.1, -0.05) is 18.6 Å². The molecule has 108 valence electrons. The lowest BCUT2D eigenvalue weighted by Gasteiger charge is -2.32. The molecule has 0 aliphatic carbocycles. The number of benzene rings is 1. The van der Waals surface area contributed by atoms with Crippen molar-refractivity contribution < 1.29 is 4.79 Å². The number of hydrogen-bond acceptors (Lipinski definition) is 3. The summed E-state index contributed by atoms with van der Waals surface area (Å²) in [6.45, 7) is 3.38. The number of amides is 1. The van der Waals surface area contributed by atoms with Crippen molar-refractivity contribution in [1.82, 2.24) is 10.2 Å². The topological polar surface area (TPSA) is 58.4 Å². The quantitative estimate of drug-likeness (QED) is 0.874. The first-order valence-electron chi connectivity index (χ1n) is 7.60. The van der Waals surface area contributed by atoms with Gasteiger partial charge in [0.2, 0.25) is 5.91 Å². The fourth-order valence-electron chi connectivity index (χ4n) is 3.52. The second-order valence-electron chi connectivity index (χ2n) is 5.94. The summed E-state index contributed by atoms with van der Waals surface area (Å²) in [4.78, 5) is 13.7. The fraction of sp³-hybridized carbons (Fsp3) is 0.562. The van der Waals surface area contributed by atoms with E-state index in [0.717, 1.165) is 12.6 Å². The lowest BCUT2D eigenvalue weighted by Crippen LogP contribution is -2.44. The van der Waals surface area contributed by atoms with Gasteiger partial charge in [-0.05, 0) is 43.5 Å². The summed E-state index contributed by atoms with van der Waals surface area (Å²) in [6.07, 6.45) is 5.31. The number of nitrogens with zero attached hydrogens (tertiary/aromatic N) is 1. The van der Waals surface area contributed by atoms with Crippen LogP contribution in [-0.4, -0.2) is 36.0 Å². The highest BCUT2D eigenvalue weighted by atomic mass is 16.1. The number of rotatable bonds is 4. The largest absolute Gasteiger partial charge is 0.366 e. The van der Waals surface area contributed by atoms with Crippen LogP contribution in [0.3, 0.4) is 0 Å². The van der Waals surface area contributed by atoms with Gasteiger partial charge in [0.15, 0.2) is 0 Å². The van der Waals surface area contributed by atoms with E-state index < -0.39 is 0 Å². The van der Waals surface area contributed by atoms with Crippen LogP contribution in [0.25, 0.3) is 0 Å². The van der Waals surface area contributed by atoms with Gasteiger partial charge in [0.05, 0.1) is 0 Å². The summed E-state index contributed by atoms with van der Waals surface area (Å²) in [5, 5.41) is 3.69. The first-order chi connectivity index (χ1) is 9.74. The van der Waals surface area contributed by atoms with Gasteiger partial charge in [-0.25, -0.2) is 0 Å². The molecule has 20 heavy (non-hydrogen) atoms. The van der Waals surface area contributed by atoms with E-state index in [4.69, 9.17) is 5.73 Å². The second-order valence-corrected chi connectivity index (χ2v) is 5.94. The van der Waals surface area contributed by atoms with Crippen LogP contribution in [0.15, 0.2) is 24.3 Å². The first kappa shape index (κ1) is 13.6. The molecule has 2 saturated heterocycles. The van der Waals surface area contributed by atoms with Crippen molar-refractivity contribution in [2.75, 3.05) is 13.1 Å². The van der Waals surface area contributed by atoms with Crippen LogP contribution in [-0.2, 0) is 6.54 Å². The van der Waals surface area contributed by atoms with E-state index in [1.54, 1.807) is 12.1 Å². The zero-order chi connectivity index (χ0) is 13.9. The van der Waals surface area contributed by atoms with Crippen molar-refractivity contribution in [2.45, 2.75) is 44.3 Å². The minimum absolute atomic E-state index is 0.363. The maximum absolute atomic E-state index is 11.0. The van der Waals surface area contributed by atoms with Gasteiger partial charge in [0.1, 0.15) is 0 Å². The molecule has 3 rings (SSSR count). The highest BCUT2D eigenvalue weighted by molar-refractivity contribution is 5.92. The van der Waals surface area contributed by atoms with Gasteiger partial charge >= 0.3 is 0 Å². The Labute approximate surface area is 120 Å². The van der Waals surface area contributed by atoms with Crippen molar-refractivity contribution in [3.05, 3.63) is 35.4 Å². The Morgan fingerprint density at radius 2 is 2.00 bits per heavy atom. The summed E-state index contributed by atoms with van der Waals surface area (Å²) in [5.74, 6) is -0.363. The molecule has 4 heteroatoms. The van der Waals surface area contributed by atoms with Crippen LogP contribution in [0.2, 0.25) is 0 Å². The molecular weight excluding hydrogens is 250 g/mol. The zero-order valence-electron chi connectivity index (χ0n) is 11.8. The fourth-order valence-corrected chi connectivity index (χ4v) is 3.52. The summed E-state index contributed by atoms with van der Waals surface area (Å²) < 4.78 is 0. The lowest BCUT2D eigenvalue weighted by molar-refractivity contribution is 0.100. The highest BCUT2D eigenvalue weighted by Crippen LogP contribution is 2.27. The van der Waals surface area contributed by atoms with E-state index in [2.05, 4.69) is 10.2 Å². The van der Waals surface area contributed by atoms with Gasteiger partial charge in [-0.2, -0.15) is 0 Å². The molecule has 0 aromatic heterocycles. The van der Waals surface area contributed by atoms with Crippen LogP contribution in [0.4, 0.5) is 0 Å². The summed E-state index contributed by atoms with van der Waals surface area (Å²) in [7, 11) is 0. The minimum atomic E-state index is -0.363. The Kier molecular flexibility index (Phi) is 4.03. The van der Waals surface area contributed by atoms with Crippen LogP contribution >= 0.6 is 0 Å². The molecule has 1 aromatic carbocycles. The van der Waals surface area contributed by atoms with Crippen molar-refractivity contribution >= 4 is 5.91 Å². The standard InChI is InChI=1S/C16H23N3O/c17-16(20)13-6-4-12(5-7-13)11-18-14-8-10-19-9-2-1-3-15(14)19/h4-7,14-15,18H,1-3,8-11H2,(H2,17,20). The van der Waals surface area contributed by atoms with Crippen molar-refractivity contribution in [3.63, 3.8) is 0 Å². The van der Waals surface area contributed by atoms with E-state index in [-0.39, 0.29) is 5.91 Å². The van der Waals surface area contributed by atoms with E-state index in [0.29, 0.717) is 11.6 Å². The predicted octanol–water partition coefficient (Wildman–Crippen LogP) is 1.50. The van der Waals surface area contributed by atoms with Crippen molar-refractivity contribution in [2.24, 2.45) is 5.73 Å². The second kappa shape index (κ2) is 5.94. The van der Waals surface area contributed by atoms with Gasteiger partial charge < -0.3 is 11.1 Å². The van der Waals surface area contributed by atoms with Crippen LogP contribution in [0.5, 0.6) is 0 Å². The van der Waals surface area contributed by atoms with Gasteiger partial charge in [0.25, 0.3) is 0 Å². The molecule has 2 atom stereocenters. The molecule has 0 radical (unpaired) electrons. The van der Waals surface area contributed by atoms with E-state index in [1.165, 1.54) is 44.3 Å². The summed E-state index contributed by atoms with van der Waals surface area (Å²) >= 11 is 0. The molecule has 0 saturated carbocycles. The number of carbonyl (C=O) groups is 1. The molecular formula is C16H23N3O. The molecule has 3 N–H and O–H groups in total.